The van der Waals surface area contributed by atoms with Gasteiger partial charge in [0.25, 0.3) is 5.91 Å². The molecule has 1 aromatic carbocycles. The molecule has 0 radical (unpaired) electrons. The molecule has 2 aliphatic rings. The maximum Gasteiger partial charge on any atom is 0.252 e. The van der Waals surface area contributed by atoms with Crippen molar-refractivity contribution in [1.29, 1.82) is 0 Å². The number of nitrogens with one attached hydrogen (secondary N) is 1. The van der Waals surface area contributed by atoms with Crippen LogP contribution in [0, 0.1) is 0 Å². The van der Waals surface area contributed by atoms with Crippen molar-refractivity contribution in [3.05, 3.63) is 36.7 Å². The molecule has 31 heavy (non-hydrogen) atoms. The van der Waals surface area contributed by atoms with Crippen LogP contribution in [-0.2, 0) is 9.53 Å². The lowest BCUT2D eigenvalue weighted by molar-refractivity contribution is -0.137. The number of rotatable bonds is 3. The van der Waals surface area contributed by atoms with Gasteiger partial charge in [-0.1, -0.05) is 0 Å². The smallest absolute Gasteiger partial charge is 0.252 e. The molecule has 5 rings (SSSR count). The molecule has 2 atom stereocenters. The summed E-state index contributed by atoms with van der Waals surface area (Å²) in [5.74, 6) is 0.531. The third kappa shape index (κ3) is 3.65. The lowest BCUT2D eigenvalue weighted by Gasteiger charge is -2.25. The number of hydrogen-bond acceptors (Lipinski definition) is 7. The number of amides is 1. The van der Waals surface area contributed by atoms with E-state index in [0.717, 1.165) is 0 Å². The quantitative estimate of drug-likeness (QED) is 0.687. The van der Waals surface area contributed by atoms with E-state index in [2.05, 4.69) is 15.4 Å². The van der Waals surface area contributed by atoms with E-state index in [4.69, 9.17) is 18.3 Å². The first-order valence-corrected chi connectivity index (χ1v) is 10.3. The van der Waals surface area contributed by atoms with Crippen LogP contribution in [0.15, 0.2) is 36.7 Å². The SMILES string of the molecule is [2H]C([2H])([2H])Oc1cc2cc(c1)-c1cnn3ccc(nc13)OC[C@@H]1C[C@@H](OCC)C(=O)N1CCN2. The van der Waals surface area contributed by atoms with Crippen LogP contribution in [0.5, 0.6) is 11.6 Å². The minimum atomic E-state index is -2.60. The number of aromatic nitrogens is 3. The zero-order valence-electron chi connectivity index (χ0n) is 20.1. The van der Waals surface area contributed by atoms with E-state index in [-0.39, 0.29) is 17.7 Å². The fourth-order valence-electron chi connectivity index (χ4n) is 4.19. The molecule has 4 heterocycles. The van der Waals surface area contributed by atoms with E-state index in [1.807, 2.05) is 13.0 Å². The van der Waals surface area contributed by atoms with E-state index in [9.17, 15) is 4.79 Å². The molecule has 1 N–H and O–H groups in total. The monoisotopic (exact) mass is 426 g/mol. The Morgan fingerprint density at radius 1 is 1.39 bits per heavy atom. The van der Waals surface area contributed by atoms with Crippen LogP contribution in [0.1, 0.15) is 17.5 Å². The Morgan fingerprint density at radius 2 is 2.32 bits per heavy atom. The van der Waals surface area contributed by atoms with Gasteiger partial charge in [-0.2, -0.15) is 10.1 Å². The van der Waals surface area contributed by atoms with Gasteiger partial charge in [-0.3, -0.25) is 4.79 Å². The average molecular weight is 426 g/mol. The Labute approximate surface area is 184 Å². The summed E-state index contributed by atoms with van der Waals surface area (Å²) in [7, 11) is -2.60. The summed E-state index contributed by atoms with van der Waals surface area (Å²) in [6.45, 7) is 3.50. The van der Waals surface area contributed by atoms with Crippen LogP contribution in [0.4, 0.5) is 5.69 Å². The molecule has 0 aliphatic carbocycles. The minimum Gasteiger partial charge on any atom is -0.497 e. The third-order valence-electron chi connectivity index (χ3n) is 5.64. The van der Waals surface area contributed by atoms with E-state index < -0.39 is 13.1 Å². The van der Waals surface area contributed by atoms with Gasteiger partial charge in [-0.25, -0.2) is 4.52 Å². The molecule has 9 nitrogen and oxygen atoms in total. The van der Waals surface area contributed by atoms with Crippen molar-refractivity contribution in [2.24, 2.45) is 0 Å². The summed E-state index contributed by atoms with van der Waals surface area (Å²) in [5, 5.41) is 7.65. The molecular formula is C22H25N5O4. The summed E-state index contributed by atoms with van der Waals surface area (Å²) < 4.78 is 40.9. The maximum atomic E-state index is 12.9. The lowest BCUT2D eigenvalue weighted by atomic mass is 10.1. The molecule has 162 valence electrons. The Kier molecular flexibility index (Phi) is 4.26. The second-order valence-corrected chi connectivity index (χ2v) is 7.54. The number of fused-ring (bicyclic) bond motifs is 5. The number of methoxy groups -OCH3 is 1. The Bertz CT molecular complexity index is 1210. The van der Waals surface area contributed by atoms with Crippen LogP contribution in [-0.4, -0.2) is 70.9 Å². The topological polar surface area (TPSA) is 90.2 Å². The van der Waals surface area contributed by atoms with Gasteiger partial charge < -0.3 is 24.4 Å². The van der Waals surface area contributed by atoms with Gasteiger partial charge in [0.15, 0.2) is 5.65 Å². The summed E-state index contributed by atoms with van der Waals surface area (Å²) in [4.78, 5) is 19.3. The van der Waals surface area contributed by atoms with E-state index in [0.29, 0.717) is 61.1 Å². The molecule has 3 aromatic rings. The summed E-state index contributed by atoms with van der Waals surface area (Å²) in [6, 6.07) is 6.70. The Morgan fingerprint density at radius 3 is 3.19 bits per heavy atom. The van der Waals surface area contributed by atoms with Crippen LogP contribution in [0.25, 0.3) is 16.8 Å². The zero-order valence-corrected chi connectivity index (χ0v) is 17.1. The van der Waals surface area contributed by atoms with Crippen molar-refractivity contribution in [3.63, 3.8) is 0 Å². The predicted molar refractivity (Wildman–Crippen MR) is 114 cm³/mol. The fraction of sp³-hybridized carbons (Fsp3) is 0.409. The number of ether oxygens (including phenoxy) is 3. The van der Waals surface area contributed by atoms with Crippen molar-refractivity contribution in [3.8, 4) is 22.8 Å². The average Bonchev–Trinajstić information content (AvgIpc) is 3.32. The number of nitrogens with zero attached hydrogens (tertiary/aromatic N) is 4. The fourth-order valence-corrected chi connectivity index (χ4v) is 4.19. The third-order valence-corrected chi connectivity index (χ3v) is 5.64. The predicted octanol–water partition coefficient (Wildman–Crippen LogP) is 2.22. The normalized spacial score (nSPS) is 22.7. The van der Waals surface area contributed by atoms with Crippen molar-refractivity contribution in [1.82, 2.24) is 19.5 Å². The van der Waals surface area contributed by atoms with E-state index in [1.165, 1.54) is 0 Å². The van der Waals surface area contributed by atoms with Gasteiger partial charge in [-0.15, -0.1) is 0 Å². The molecule has 1 fully saturated rings. The Hall–Kier alpha value is -3.33. The maximum absolute atomic E-state index is 12.9. The van der Waals surface area contributed by atoms with Crippen molar-refractivity contribution in [2.45, 2.75) is 25.5 Å². The minimum absolute atomic E-state index is 0.0639. The zero-order chi connectivity index (χ0) is 23.9. The van der Waals surface area contributed by atoms with Gasteiger partial charge in [0.2, 0.25) is 5.88 Å². The van der Waals surface area contributed by atoms with Gasteiger partial charge in [0.1, 0.15) is 18.5 Å². The highest BCUT2D eigenvalue weighted by molar-refractivity contribution is 5.84. The Balaban J connectivity index is 1.56. The first kappa shape index (κ1) is 16.4. The van der Waals surface area contributed by atoms with Gasteiger partial charge >= 0.3 is 0 Å². The summed E-state index contributed by atoms with van der Waals surface area (Å²) in [6.07, 6.45) is 3.46. The molecule has 4 bridgehead atoms. The van der Waals surface area contributed by atoms with E-state index >= 15 is 0 Å². The molecule has 0 unspecified atom stereocenters. The largest absolute Gasteiger partial charge is 0.497 e. The molecule has 2 aliphatic heterocycles. The first-order chi connectivity index (χ1) is 16.3. The molecule has 9 heteroatoms. The van der Waals surface area contributed by atoms with Crippen LogP contribution in [0.3, 0.4) is 0 Å². The van der Waals surface area contributed by atoms with Gasteiger partial charge in [0.05, 0.1) is 23.4 Å². The number of benzene rings is 1. The van der Waals surface area contributed by atoms with Gasteiger partial charge in [0, 0.05) is 55.7 Å². The van der Waals surface area contributed by atoms with Crippen LogP contribution in [0.2, 0.25) is 0 Å². The second kappa shape index (κ2) is 8.07. The molecule has 1 amide bonds. The summed E-state index contributed by atoms with van der Waals surface area (Å²) >= 11 is 0. The first-order valence-electron chi connectivity index (χ1n) is 11.8. The van der Waals surface area contributed by atoms with Crippen molar-refractivity contribution in [2.75, 3.05) is 38.7 Å². The number of anilines is 1. The molecule has 2 aromatic heterocycles. The highest BCUT2D eigenvalue weighted by Crippen LogP contribution is 2.32. The number of hydrogen-bond donors (Lipinski definition) is 1. The van der Waals surface area contributed by atoms with E-state index in [1.54, 1.807) is 40.0 Å². The van der Waals surface area contributed by atoms with Crippen molar-refractivity contribution >= 4 is 17.2 Å². The highest BCUT2D eigenvalue weighted by atomic mass is 16.5. The molecule has 1 saturated heterocycles. The molecule has 0 spiro atoms. The van der Waals surface area contributed by atoms with Crippen LogP contribution < -0.4 is 14.8 Å². The molecule has 0 saturated carbocycles. The second-order valence-electron chi connectivity index (χ2n) is 7.54. The highest BCUT2D eigenvalue weighted by Gasteiger charge is 2.40. The summed E-state index contributed by atoms with van der Waals surface area (Å²) in [5.41, 5.74) is 2.60. The number of carbonyl (C=O) groups is 1. The van der Waals surface area contributed by atoms with Crippen LogP contribution >= 0.6 is 0 Å². The lowest BCUT2D eigenvalue weighted by Crippen LogP contribution is -2.41. The van der Waals surface area contributed by atoms with Gasteiger partial charge in [-0.05, 0) is 24.6 Å². The molecular weight excluding hydrogens is 398 g/mol. The van der Waals surface area contributed by atoms with Crippen molar-refractivity contribution < 1.29 is 23.1 Å². The number of carbonyl (C=O) groups excluding carboxylic acids is 1. The standard InChI is InChI=1S/C22H25N5O4/c1-3-30-19-11-16-13-31-20-4-6-27-21(25-20)18(12-24-27)14-8-15(10-17(9-14)29-2)23-5-7-26(16)22(19)28/h4,6,8-10,12,16,19,23H,3,5,7,11,13H2,1-2H3/t16-,19+/m0/s1/i2D3.